The van der Waals surface area contributed by atoms with Crippen LogP contribution in [0, 0.1) is 0 Å². The molecule has 0 aromatic heterocycles. The van der Waals surface area contributed by atoms with Crippen LogP contribution in [-0.4, -0.2) is 40.0 Å². The first kappa shape index (κ1) is 22.8. The van der Waals surface area contributed by atoms with E-state index in [9.17, 15) is 61.5 Å². The Kier molecular flexibility index (Phi) is 5.86. The van der Waals surface area contributed by atoms with E-state index in [0.717, 1.165) is 0 Å². The molecule has 23 heavy (non-hydrogen) atoms. The summed E-state index contributed by atoms with van der Waals surface area (Å²) in [7, 11) is 0. The van der Waals surface area contributed by atoms with Crippen molar-refractivity contribution in [3.05, 3.63) is 0 Å². The normalized spacial score (nSPS) is 17.3. The predicted molar refractivity (Wildman–Crippen MR) is 54.3 cm³/mol. The highest BCUT2D eigenvalue weighted by Gasteiger charge is 2.80. The minimum atomic E-state index is -6.92. The van der Waals surface area contributed by atoms with Crippen LogP contribution in [-0.2, 0) is 0 Å². The molecule has 0 aliphatic carbocycles. The molecule has 0 aliphatic rings. The zero-order valence-corrected chi connectivity index (χ0v) is 12.1. The van der Waals surface area contributed by atoms with Gasteiger partial charge in [-0.05, 0) is 0 Å². The summed E-state index contributed by atoms with van der Waals surface area (Å²) in [6.45, 7) is 0. The lowest BCUT2D eigenvalue weighted by atomic mass is 9.89. The molecular weight excluding hydrogens is 489 g/mol. The van der Waals surface area contributed by atoms with E-state index >= 15 is 0 Å². The van der Waals surface area contributed by atoms with Gasteiger partial charge in [0.2, 0.25) is 0 Å². The minimum Gasteiger partial charge on any atom is -0.224 e. The van der Waals surface area contributed by atoms with Gasteiger partial charge >= 0.3 is 30.4 Å². The molecule has 15 heteroatoms. The van der Waals surface area contributed by atoms with Crippen molar-refractivity contribution in [3.63, 3.8) is 0 Å². The number of rotatable bonds is 3. The van der Waals surface area contributed by atoms with Gasteiger partial charge < -0.3 is 0 Å². The van der Waals surface area contributed by atoms with Crippen molar-refractivity contribution < 1.29 is 61.5 Å². The Bertz CT molecular complexity index is 382. The number of hydrogen-bond donors (Lipinski definition) is 0. The minimum absolute atomic E-state index is 0.279. The van der Waals surface area contributed by atoms with Gasteiger partial charge in [-0.3, -0.25) is 0 Å². The molecule has 1 unspecified atom stereocenters. The molecule has 0 aromatic rings. The van der Waals surface area contributed by atoms with Crippen LogP contribution in [0.5, 0.6) is 0 Å². The summed E-state index contributed by atoms with van der Waals surface area (Å²) >= 11 is -0.279. The molecule has 0 radical (unpaired) electrons. The number of alkyl halides is 15. The third-order valence-electron chi connectivity index (χ3n) is 2.62. The summed E-state index contributed by atoms with van der Waals surface area (Å²) in [5.74, 6) is 0. The molecule has 0 aromatic carbocycles. The highest BCUT2D eigenvalue weighted by Crippen LogP contribution is 2.56. The van der Waals surface area contributed by atoms with Crippen LogP contribution >= 0.6 is 22.6 Å². The summed E-state index contributed by atoms with van der Waals surface area (Å²) in [6, 6.07) is 0. The second-order valence-electron chi connectivity index (χ2n) is 4.18. The first-order valence-electron chi connectivity index (χ1n) is 4.91. The van der Waals surface area contributed by atoms with Gasteiger partial charge in [0.15, 0.2) is 0 Å². The van der Waals surface area contributed by atoms with Crippen LogP contribution in [0.3, 0.4) is 0 Å². The molecule has 0 nitrogen and oxygen atoms in total. The summed E-state index contributed by atoms with van der Waals surface area (Å²) < 4.78 is 169. The summed E-state index contributed by atoms with van der Waals surface area (Å²) in [5, 5.41) is 0. The SMILES string of the molecule is FC(F)(F)C(F)(CC(I)C(F)(C(F)(F)F)C(F)(F)F)C(F)(F)F. The Morgan fingerprint density at radius 2 is 0.783 bits per heavy atom. The maximum atomic E-state index is 13.3. The summed E-state index contributed by atoms with van der Waals surface area (Å²) in [4.78, 5) is 0. The molecule has 0 saturated carbocycles. The fourth-order valence-electron chi connectivity index (χ4n) is 1.30. The molecular formula is C8H3F14I. The Morgan fingerprint density at radius 3 is 0.957 bits per heavy atom. The predicted octanol–water partition coefficient (Wildman–Crippen LogP) is 5.85. The smallest absolute Gasteiger partial charge is 0.224 e. The molecule has 1 atom stereocenters. The van der Waals surface area contributed by atoms with Crippen LogP contribution in [0.4, 0.5) is 61.5 Å². The van der Waals surface area contributed by atoms with E-state index in [4.69, 9.17) is 0 Å². The third kappa shape index (κ3) is 3.88. The lowest BCUT2D eigenvalue weighted by Gasteiger charge is -2.38. The van der Waals surface area contributed by atoms with E-state index in [1.807, 2.05) is 0 Å². The van der Waals surface area contributed by atoms with Crippen molar-refractivity contribution in [1.82, 2.24) is 0 Å². The van der Waals surface area contributed by atoms with Gasteiger partial charge in [0.1, 0.15) is 0 Å². The maximum Gasteiger partial charge on any atom is 0.432 e. The average molecular weight is 492 g/mol. The van der Waals surface area contributed by atoms with E-state index in [0.29, 0.717) is 0 Å². The highest BCUT2D eigenvalue weighted by molar-refractivity contribution is 14.1. The molecule has 0 N–H and O–H groups in total. The van der Waals surface area contributed by atoms with Gasteiger partial charge in [0.05, 0.1) is 3.92 Å². The van der Waals surface area contributed by atoms with E-state index in [1.54, 1.807) is 0 Å². The Hall–Kier alpha value is -0.250. The van der Waals surface area contributed by atoms with E-state index < -0.39 is 46.4 Å². The van der Waals surface area contributed by atoms with E-state index in [1.165, 1.54) is 0 Å². The Balaban J connectivity index is 6.06. The molecule has 140 valence electrons. The molecule has 0 saturated heterocycles. The second-order valence-corrected chi connectivity index (χ2v) is 5.68. The van der Waals surface area contributed by atoms with Crippen molar-refractivity contribution in [3.8, 4) is 0 Å². The quantitative estimate of drug-likeness (QED) is 0.264. The van der Waals surface area contributed by atoms with Gasteiger partial charge in [0, 0.05) is 6.42 Å². The maximum absolute atomic E-state index is 13.3. The van der Waals surface area contributed by atoms with Crippen LogP contribution in [0.25, 0.3) is 0 Å². The molecule has 0 rings (SSSR count). The Labute approximate surface area is 131 Å². The average Bonchev–Trinajstić information content (AvgIpc) is 2.21. The van der Waals surface area contributed by atoms with Gasteiger partial charge in [0.25, 0.3) is 5.67 Å². The first-order chi connectivity index (χ1) is 9.63. The van der Waals surface area contributed by atoms with Gasteiger partial charge in [-0.25, -0.2) is 8.78 Å². The third-order valence-corrected chi connectivity index (χ3v) is 3.91. The lowest BCUT2D eigenvalue weighted by Crippen LogP contribution is -2.63. The fourth-order valence-corrected chi connectivity index (χ4v) is 2.61. The largest absolute Gasteiger partial charge is 0.432 e. The van der Waals surface area contributed by atoms with Crippen LogP contribution in [0.2, 0.25) is 0 Å². The molecule has 0 fully saturated rings. The van der Waals surface area contributed by atoms with Crippen molar-refractivity contribution in [1.29, 1.82) is 0 Å². The molecule has 0 aliphatic heterocycles. The van der Waals surface area contributed by atoms with Gasteiger partial charge in [-0.2, -0.15) is 52.7 Å². The summed E-state index contributed by atoms with van der Waals surface area (Å²) in [5.41, 5.74) is -12.9. The standard InChI is InChI=1S/C8H3F14I/c9-3(5(11,12)13,6(14,15)16)1-2(23)4(10,7(17,18)19)8(20,21)22/h2H,1H2. The number of hydrogen-bond acceptors (Lipinski definition) is 0. The lowest BCUT2D eigenvalue weighted by molar-refractivity contribution is -0.361. The zero-order valence-electron chi connectivity index (χ0n) is 9.95. The van der Waals surface area contributed by atoms with Crippen LogP contribution in [0.15, 0.2) is 0 Å². The van der Waals surface area contributed by atoms with Gasteiger partial charge in [-0.1, -0.05) is 22.6 Å². The first-order valence-corrected chi connectivity index (χ1v) is 6.16. The molecule has 0 heterocycles. The van der Waals surface area contributed by atoms with Crippen molar-refractivity contribution >= 4 is 22.6 Å². The van der Waals surface area contributed by atoms with Crippen molar-refractivity contribution in [2.75, 3.05) is 0 Å². The highest BCUT2D eigenvalue weighted by atomic mass is 127. The number of halogens is 15. The Morgan fingerprint density at radius 1 is 0.522 bits per heavy atom. The molecule has 0 spiro atoms. The van der Waals surface area contributed by atoms with Crippen molar-refractivity contribution in [2.45, 2.75) is 46.4 Å². The van der Waals surface area contributed by atoms with Gasteiger partial charge in [-0.15, -0.1) is 0 Å². The second kappa shape index (κ2) is 5.93. The zero-order chi connectivity index (χ0) is 19.3. The monoisotopic (exact) mass is 492 g/mol. The van der Waals surface area contributed by atoms with Crippen LogP contribution in [0.1, 0.15) is 6.42 Å². The van der Waals surface area contributed by atoms with E-state index in [2.05, 4.69) is 0 Å². The van der Waals surface area contributed by atoms with Crippen LogP contribution < -0.4 is 0 Å². The topological polar surface area (TPSA) is 0 Å². The summed E-state index contributed by atoms with van der Waals surface area (Å²) in [6.07, 6.45) is -31.1. The fraction of sp³-hybridized carbons (Fsp3) is 1.00. The molecule has 0 bridgehead atoms. The van der Waals surface area contributed by atoms with E-state index in [-0.39, 0.29) is 22.6 Å². The van der Waals surface area contributed by atoms with Crippen molar-refractivity contribution in [2.24, 2.45) is 0 Å². The molecule has 0 amide bonds.